The molecule has 0 saturated heterocycles. The highest BCUT2D eigenvalue weighted by molar-refractivity contribution is 5.54. The Balaban J connectivity index is 3.12. The average Bonchev–Trinajstić information content (AvgIpc) is 2.33. The molecule has 9 heavy (non-hydrogen) atoms. The van der Waals surface area contributed by atoms with E-state index < -0.39 is 0 Å². The minimum atomic E-state index is 0.977. The van der Waals surface area contributed by atoms with Crippen molar-refractivity contribution in [2.24, 2.45) is 0 Å². The Bertz CT molecular complexity index is 200. The maximum absolute atomic E-state index is 3.61. The van der Waals surface area contributed by atoms with Crippen molar-refractivity contribution in [1.29, 1.82) is 0 Å². The molecule has 0 aliphatic heterocycles. The summed E-state index contributed by atoms with van der Waals surface area (Å²) in [5, 5.41) is 0. The lowest BCUT2D eigenvalue weighted by Gasteiger charge is -1.77. The Morgan fingerprint density at radius 1 is 1.44 bits per heavy atom. The summed E-state index contributed by atoms with van der Waals surface area (Å²) in [7, 11) is 0. The number of rotatable bonds is 2. The number of hydrogen-bond acceptors (Lipinski definition) is 0. The van der Waals surface area contributed by atoms with Crippen LogP contribution in [0.15, 0.2) is 19.5 Å². The van der Waals surface area contributed by atoms with Crippen LogP contribution in [0.1, 0.15) is 11.4 Å². The molecular formula is C7H9N2+. The first kappa shape index (κ1) is 5.82. The highest BCUT2D eigenvalue weighted by atomic mass is 14.9. The van der Waals surface area contributed by atoms with Crippen LogP contribution in [0.4, 0.5) is 0 Å². The van der Waals surface area contributed by atoms with Gasteiger partial charge < -0.3 is 0 Å². The van der Waals surface area contributed by atoms with E-state index in [1.165, 1.54) is 0 Å². The van der Waals surface area contributed by atoms with E-state index in [1.807, 2.05) is 0 Å². The van der Waals surface area contributed by atoms with Gasteiger partial charge in [0, 0.05) is 0 Å². The van der Waals surface area contributed by atoms with Crippen LogP contribution in [0.5, 0.6) is 0 Å². The monoisotopic (exact) mass is 121 g/mol. The number of hydrogen-bond donors (Lipinski definition) is 1. The standard InChI is InChI=1S/C7H8N2/c1-3-6-7(4-2)9-5-8-6/h3-5H,1-2H2,(H,8,9)/p+1. The first-order valence-electron chi connectivity index (χ1n) is 2.72. The molecule has 1 aromatic heterocycles. The molecule has 0 amide bonds. The molecule has 0 atom stereocenters. The number of nitrogens with one attached hydrogen (secondary N) is 2. The zero-order valence-corrected chi connectivity index (χ0v) is 5.15. The van der Waals surface area contributed by atoms with Gasteiger partial charge in [-0.05, 0) is 12.2 Å². The average molecular weight is 121 g/mol. The third-order valence-corrected chi connectivity index (χ3v) is 1.15. The zero-order valence-electron chi connectivity index (χ0n) is 5.15. The highest BCUT2D eigenvalue weighted by Crippen LogP contribution is 1.99. The fourth-order valence-electron chi connectivity index (χ4n) is 0.685. The van der Waals surface area contributed by atoms with E-state index in [0.29, 0.717) is 0 Å². The van der Waals surface area contributed by atoms with Crippen molar-refractivity contribution in [1.82, 2.24) is 4.98 Å². The van der Waals surface area contributed by atoms with Gasteiger partial charge in [0.2, 0.25) is 6.33 Å². The number of H-pyrrole nitrogens is 2. The lowest BCUT2D eigenvalue weighted by molar-refractivity contribution is -0.378. The van der Waals surface area contributed by atoms with Crippen LogP contribution in [0, 0.1) is 0 Å². The van der Waals surface area contributed by atoms with Gasteiger partial charge in [-0.15, -0.1) is 0 Å². The molecule has 0 aliphatic carbocycles. The van der Waals surface area contributed by atoms with Gasteiger partial charge in [-0.25, -0.2) is 9.97 Å². The van der Waals surface area contributed by atoms with E-state index in [1.54, 1.807) is 18.5 Å². The minimum Gasteiger partial charge on any atom is -0.244 e. The second-order valence-corrected chi connectivity index (χ2v) is 1.67. The summed E-state index contributed by atoms with van der Waals surface area (Å²) in [6.07, 6.45) is 5.23. The van der Waals surface area contributed by atoms with Crippen LogP contribution in [-0.2, 0) is 0 Å². The summed E-state index contributed by atoms with van der Waals surface area (Å²) in [4.78, 5) is 5.92. The Labute approximate surface area is 53.9 Å². The van der Waals surface area contributed by atoms with E-state index in [-0.39, 0.29) is 0 Å². The number of aromatic nitrogens is 2. The lowest BCUT2D eigenvalue weighted by atomic mass is 10.3. The van der Waals surface area contributed by atoms with Crippen LogP contribution in [0.2, 0.25) is 0 Å². The molecule has 1 rings (SSSR count). The molecular weight excluding hydrogens is 112 g/mol. The van der Waals surface area contributed by atoms with Crippen LogP contribution in [0.3, 0.4) is 0 Å². The summed E-state index contributed by atoms with van der Waals surface area (Å²) in [5.41, 5.74) is 1.95. The van der Waals surface area contributed by atoms with E-state index in [4.69, 9.17) is 0 Å². The molecule has 0 fully saturated rings. The predicted octanol–water partition coefficient (Wildman–Crippen LogP) is 1.11. The topological polar surface area (TPSA) is 29.9 Å². The van der Waals surface area contributed by atoms with Gasteiger partial charge >= 0.3 is 0 Å². The second-order valence-electron chi connectivity index (χ2n) is 1.67. The van der Waals surface area contributed by atoms with Crippen molar-refractivity contribution >= 4 is 12.2 Å². The molecule has 0 radical (unpaired) electrons. The largest absolute Gasteiger partial charge is 0.244 e. The quantitative estimate of drug-likeness (QED) is 0.607. The second kappa shape index (κ2) is 2.31. The maximum Gasteiger partial charge on any atom is 0.240 e. The number of imidazole rings is 1. The van der Waals surface area contributed by atoms with Crippen molar-refractivity contribution in [3.05, 3.63) is 30.9 Å². The normalized spacial score (nSPS) is 8.89. The van der Waals surface area contributed by atoms with Crippen molar-refractivity contribution < 1.29 is 4.98 Å². The maximum atomic E-state index is 3.61. The van der Waals surface area contributed by atoms with E-state index >= 15 is 0 Å². The third-order valence-electron chi connectivity index (χ3n) is 1.15. The molecule has 46 valence electrons. The molecule has 0 spiro atoms. The predicted molar refractivity (Wildman–Crippen MR) is 37.5 cm³/mol. The van der Waals surface area contributed by atoms with Crippen molar-refractivity contribution in [2.75, 3.05) is 0 Å². The summed E-state index contributed by atoms with van der Waals surface area (Å²) >= 11 is 0. The van der Waals surface area contributed by atoms with Gasteiger partial charge in [0.15, 0.2) is 11.4 Å². The van der Waals surface area contributed by atoms with Crippen LogP contribution >= 0.6 is 0 Å². The molecule has 0 unspecified atom stereocenters. The fraction of sp³-hybridized carbons (Fsp3) is 0. The molecule has 0 bridgehead atoms. The lowest BCUT2D eigenvalue weighted by Crippen LogP contribution is -1.98. The minimum absolute atomic E-state index is 0.977. The molecule has 2 nitrogen and oxygen atoms in total. The summed E-state index contributed by atoms with van der Waals surface area (Å²) in [6, 6.07) is 0. The molecule has 0 aromatic carbocycles. The van der Waals surface area contributed by atoms with E-state index in [0.717, 1.165) is 11.4 Å². The Hall–Kier alpha value is -1.31. The van der Waals surface area contributed by atoms with Crippen molar-refractivity contribution in [3.8, 4) is 0 Å². The first-order chi connectivity index (χ1) is 4.38. The number of aromatic amines is 2. The van der Waals surface area contributed by atoms with Crippen LogP contribution in [-0.4, -0.2) is 4.98 Å². The van der Waals surface area contributed by atoms with Crippen LogP contribution < -0.4 is 4.98 Å². The molecule has 0 saturated carbocycles. The summed E-state index contributed by atoms with van der Waals surface area (Å²) < 4.78 is 0. The van der Waals surface area contributed by atoms with Gasteiger partial charge in [-0.2, -0.15) is 0 Å². The van der Waals surface area contributed by atoms with E-state index in [2.05, 4.69) is 23.1 Å². The fourth-order valence-corrected chi connectivity index (χ4v) is 0.685. The molecule has 1 heterocycles. The smallest absolute Gasteiger partial charge is 0.240 e. The first-order valence-corrected chi connectivity index (χ1v) is 2.72. The molecule has 2 heteroatoms. The van der Waals surface area contributed by atoms with Gasteiger partial charge in [0.25, 0.3) is 0 Å². The molecule has 2 N–H and O–H groups in total. The van der Waals surface area contributed by atoms with Gasteiger partial charge in [-0.1, -0.05) is 13.2 Å². The highest BCUT2D eigenvalue weighted by Gasteiger charge is 2.00. The van der Waals surface area contributed by atoms with Crippen molar-refractivity contribution in [3.63, 3.8) is 0 Å². The Kier molecular flexibility index (Phi) is 1.49. The van der Waals surface area contributed by atoms with Gasteiger partial charge in [0.05, 0.1) is 0 Å². The summed E-state index contributed by atoms with van der Waals surface area (Å²) in [5.74, 6) is 0. The van der Waals surface area contributed by atoms with E-state index in [9.17, 15) is 0 Å². The SMILES string of the molecule is C=Cc1[nH]c[nH+]c1C=C. The van der Waals surface area contributed by atoms with Gasteiger partial charge in [0.1, 0.15) is 0 Å². The van der Waals surface area contributed by atoms with Crippen LogP contribution in [0.25, 0.3) is 12.2 Å². The zero-order chi connectivity index (χ0) is 6.69. The molecule has 1 aromatic rings. The van der Waals surface area contributed by atoms with Crippen molar-refractivity contribution in [2.45, 2.75) is 0 Å². The van der Waals surface area contributed by atoms with Gasteiger partial charge in [-0.3, -0.25) is 0 Å². The molecule has 0 aliphatic rings. The Morgan fingerprint density at radius 2 is 2.22 bits per heavy atom. The third kappa shape index (κ3) is 0.914. The Morgan fingerprint density at radius 3 is 2.67 bits per heavy atom. The summed E-state index contributed by atoms with van der Waals surface area (Å²) in [6.45, 7) is 7.23.